The summed E-state index contributed by atoms with van der Waals surface area (Å²) in [7, 11) is 0. The number of hydrogen-bond donors (Lipinski definition) is 1. The van der Waals surface area contributed by atoms with E-state index in [1.54, 1.807) is 0 Å². The van der Waals surface area contributed by atoms with Crippen LogP contribution in [-0.2, 0) is 12.1 Å². The van der Waals surface area contributed by atoms with Crippen LogP contribution >= 0.6 is 15.9 Å². The minimum atomic E-state index is -0.189. The molecule has 0 aliphatic carbocycles. The van der Waals surface area contributed by atoms with Crippen molar-refractivity contribution >= 4 is 15.9 Å². The molecule has 0 fully saturated rings. The normalized spacial score (nSPS) is 11.9. The zero-order chi connectivity index (χ0) is 14.2. The Hall–Kier alpha value is -1.20. The number of halogens is 1. The van der Waals surface area contributed by atoms with Crippen molar-refractivity contribution in [3.8, 4) is 11.4 Å². The van der Waals surface area contributed by atoms with E-state index in [2.05, 4.69) is 46.9 Å². The number of benzene rings is 1. The standard InChI is InChI=1S/C14H18BrN3O/c1-9-5-6-10(15)7-11(9)13-17-16-12(8-19)18(13)14(2,3)4/h5-7,19H,8H2,1-4H3. The molecule has 0 unspecified atom stereocenters. The third-order valence-corrected chi connectivity index (χ3v) is 3.48. The smallest absolute Gasteiger partial charge is 0.164 e. The number of aliphatic hydroxyl groups excluding tert-OH is 1. The lowest BCUT2D eigenvalue weighted by atomic mass is 10.0. The maximum atomic E-state index is 9.43. The molecule has 4 nitrogen and oxygen atoms in total. The van der Waals surface area contributed by atoms with E-state index in [0.29, 0.717) is 5.82 Å². The number of aryl methyl sites for hydroxylation is 1. The van der Waals surface area contributed by atoms with Crippen LogP contribution in [0.4, 0.5) is 0 Å². The van der Waals surface area contributed by atoms with Crippen molar-refractivity contribution < 1.29 is 5.11 Å². The van der Waals surface area contributed by atoms with Gasteiger partial charge in [-0.25, -0.2) is 0 Å². The molecule has 0 bridgehead atoms. The Morgan fingerprint density at radius 3 is 2.53 bits per heavy atom. The Morgan fingerprint density at radius 2 is 1.95 bits per heavy atom. The number of aromatic nitrogens is 3. The van der Waals surface area contributed by atoms with Gasteiger partial charge in [0.2, 0.25) is 0 Å². The van der Waals surface area contributed by atoms with Gasteiger partial charge in [-0.15, -0.1) is 10.2 Å². The summed E-state index contributed by atoms with van der Waals surface area (Å²) in [6.07, 6.45) is 0. The van der Waals surface area contributed by atoms with Gasteiger partial charge in [0.1, 0.15) is 6.61 Å². The SMILES string of the molecule is Cc1ccc(Br)cc1-c1nnc(CO)n1C(C)(C)C. The summed E-state index contributed by atoms with van der Waals surface area (Å²) < 4.78 is 2.99. The van der Waals surface area contributed by atoms with Crippen molar-refractivity contribution in [1.82, 2.24) is 14.8 Å². The van der Waals surface area contributed by atoms with Crippen LogP contribution in [0.3, 0.4) is 0 Å². The van der Waals surface area contributed by atoms with Gasteiger partial charge in [-0.2, -0.15) is 0 Å². The molecule has 2 aromatic rings. The monoisotopic (exact) mass is 323 g/mol. The molecule has 0 saturated heterocycles. The van der Waals surface area contributed by atoms with Gasteiger partial charge in [0.15, 0.2) is 11.6 Å². The van der Waals surface area contributed by atoms with Crippen molar-refractivity contribution in [2.75, 3.05) is 0 Å². The fraction of sp³-hybridized carbons (Fsp3) is 0.429. The average molecular weight is 324 g/mol. The van der Waals surface area contributed by atoms with Gasteiger partial charge >= 0.3 is 0 Å². The van der Waals surface area contributed by atoms with Crippen LogP contribution in [0.1, 0.15) is 32.2 Å². The summed E-state index contributed by atoms with van der Waals surface area (Å²) in [5.74, 6) is 1.37. The molecule has 0 radical (unpaired) electrons. The van der Waals surface area contributed by atoms with E-state index >= 15 is 0 Å². The molecular weight excluding hydrogens is 306 g/mol. The maximum absolute atomic E-state index is 9.43. The molecule has 1 N–H and O–H groups in total. The molecule has 1 heterocycles. The third kappa shape index (κ3) is 2.72. The summed E-state index contributed by atoms with van der Waals surface area (Å²) >= 11 is 3.49. The van der Waals surface area contributed by atoms with Crippen LogP contribution in [0.5, 0.6) is 0 Å². The fourth-order valence-electron chi connectivity index (χ4n) is 2.13. The van der Waals surface area contributed by atoms with E-state index in [1.807, 2.05) is 29.7 Å². The van der Waals surface area contributed by atoms with E-state index in [1.165, 1.54) is 0 Å². The van der Waals surface area contributed by atoms with Crippen molar-refractivity contribution in [3.05, 3.63) is 34.1 Å². The molecule has 19 heavy (non-hydrogen) atoms. The predicted molar refractivity (Wildman–Crippen MR) is 78.8 cm³/mol. The minimum Gasteiger partial charge on any atom is -0.388 e. The highest BCUT2D eigenvalue weighted by atomic mass is 79.9. The van der Waals surface area contributed by atoms with Crippen molar-refractivity contribution in [3.63, 3.8) is 0 Å². The third-order valence-electron chi connectivity index (χ3n) is 2.98. The topological polar surface area (TPSA) is 50.9 Å². The van der Waals surface area contributed by atoms with Gasteiger partial charge in [-0.3, -0.25) is 0 Å². The van der Waals surface area contributed by atoms with Crippen LogP contribution < -0.4 is 0 Å². The van der Waals surface area contributed by atoms with Gasteiger partial charge in [0.05, 0.1) is 0 Å². The molecular formula is C14H18BrN3O. The Bertz CT molecular complexity index is 599. The van der Waals surface area contributed by atoms with Crippen molar-refractivity contribution in [2.45, 2.75) is 39.8 Å². The summed E-state index contributed by atoms with van der Waals surface area (Å²) in [6, 6.07) is 6.08. The summed E-state index contributed by atoms with van der Waals surface area (Å²) in [5, 5.41) is 17.8. The molecule has 0 aliphatic heterocycles. The van der Waals surface area contributed by atoms with Crippen LogP contribution in [0.2, 0.25) is 0 Å². The molecule has 1 aromatic carbocycles. The van der Waals surface area contributed by atoms with Gasteiger partial charge in [0.25, 0.3) is 0 Å². The van der Waals surface area contributed by atoms with Crippen LogP contribution in [0.25, 0.3) is 11.4 Å². The van der Waals surface area contributed by atoms with Crippen LogP contribution in [0.15, 0.2) is 22.7 Å². The van der Waals surface area contributed by atoms with Crippen LogP contribution in [-0.4, -0.2) is 19.9 Å². The zero-order valence-corrected chi connectivity index (χ0v) is 13.2. The molecule has 2 rings (SSSR count). The highest BCUT2D eigenvalue weighted by molar-refractivity contribution is 9.10. The lowest BCUT2D eigenvalue weighted by Crippen LogP contribution is -2.25. The van der Waals surface area contributed by atoms with E-state index in [4.69, 9.17) is 0 Å². The molecule has 5 heteroatoms. The first-order valence-electron chi connectivity index (χ1n) is 6.16. The molecule has 0 amide bonds. The fourth-order valence-corrected chi connectivity index (χ4v) is 2.49. The Labute approximate surface area is 121 Å². The summed E-state index contributed by atoms with van der Waals surface area (Å²) in [6.45, 7) is 8.16. The molecule has 0 aliphatic rings. The highest BCUT2D eigenvalue weighted by Crippen LogP contribution is 2.30. The molecule has 1 aromatic heterocycles. The molecule has 0 saturated carbocycles. The zero-order valence-electron chi connectivity index (χ0n) is 11.6. The second-order valence-corrected chi connectivity index (χ2v) is 6.48. The highest BCUT2D eigenvalue weighted by Gasteiger charge is 2.24. The van der Waals surface area contributed by atoms with Gasteiger partial charge in [0, 0.05) is 15.6 Å². The first-order chi connectivity index (χ1) is 8.84. The summed E-state index contributed by atoms with van der Waals surface area (Å²) in [5.41, 5.74) is 1.97. The largest absolute Gasteiger partial charge is 0.388 e. The lowest BCUT2D eigenvalue weighted by molar-refractivity contribution is 0.250. The Kier molecular flexibility index (Phi) is 3.78. The number of nitrogens with zero attached hydrogens (tertiary/aromatic N) is 3. The van der Waals surface area contributed by atoms with Gasteiger partial charge < -0.3 is 9.67 Å². The second-order valence-electron chi connectivity index (χ2n) is 5.56. The van der Waals surface area contributed by atoms with E-state index in [9.17, 15) is 5.11 Å². The number of rotatable bonds is 2. The predicted octanol–water partition coefficient (Wildman–Crippen LogP) is 3.26. The Morgan fingerprint density at radius 1 is 1.26 bits per heavy atom. The molecule has 0 atom stereocenters. The van der Waals surface area contributed by atoms with Gasteiger partial charge in [-0.1, -0.05) is 22.0 Å². The quantitative estimate of drug-likeness (QED) is 0.922. The number of aliphatic hydroxyl groups is 1. The minimum absolute atomic E-state index is 0.114. The Balaban J connectivity index is 2.69. The van der Waals surface area contributed by atoms with E-state index in [0.717, 1.165) is 21.4 Å². The van der Waals surface area contributed by atoms with E-state index < -0.39 is 0 Å². The second kappa shape index (κ2) is 5.06. The number of hydrogen-bond acceptors (Lipinski definition) is 3. The maximum Gasteiger partial charge on any atom is 0.164 e. The molecule has 0 spiro atoms. The average Bonchev–Trinajstić information content (AvgIpc) is 2.75. The first kappa shape index (κ1) is 14.2. The summed E-state index contributed by atoms with van der Waals surface area (Å²) in [4.78, 5) is 0. The van der Waals surface area contributed by atoms with Crippen LogP contribution in [0, 0.1) is 6.92 Å². The van der Waals surface area contributed by atoms with Gasteiger partial charge in [-0.05, 0) is 45.4 Å². The lowest BCUT2D eigenvalue weighted by Gasteiger charge is -2.25. The van der Waals surface area contributed by atoms with Crippen molar-refractivity contribution in [2.24, 2.45) is 0 Å². The molecule has 102 valence electrons. The van der Waals surface area contributed by atoms with E-state index in [-0.39, 0.29) is 12.1 Å². The van der Waals surface area contributed by atoms with Crippen molar-refractivity contribution in [1.29, 1.82) is 0 Å². The first-order valence-corrected chi connectivity index (χ1v) is 6.96.